The molecule has 1 fully saturated rings. The fourth-order valence-electron chi connectivity index (χ4n) is 3.96. The van der Waals surface area contributed by atoms with E-state index in [1.807, 2.05) is 36.4 Å². The van der Waals surface area contributed by atoms with Gasteiger partial charge in [-0.3, -0.25) is 15.0 Å². The van der Waals surface area contributed by atoms with Crippen LogP contribution in [0.25, 0.3) is 0 Å². The fourth-order valence-corrected chi connectivity index (χ4v) is 3.96. The van der Waals surface area contributed by atoms with Gasteiger partial charge in [-0.25, -0.2) is 0 Å². The van der Waals surface area contributed by atoms with Crippen molar-refractivity contribution in [2.24, 2.45) is 0 Å². The molecule has 5 nitrogen and oxygen atoms in total. The Morgan fingerprint density at radius 3 is 1.97 bits per heavy atom. The number of ether oxygens (including phenoxy) is 1. The third-order valence-corrected chi connectivity index (χ3v) is 5.76. The zero-order valence-electron chi connectivity index (χ0n) is 18.4. The lowest BCUT2D eigenvalue weighted by molar-refractivity contribution is -0.120. The van der Waals surface area contributed by atoms with E-state index in [9.17, 15) is 4.79 Å². The normalized spacial score (nSPS) is 14.4. The van der Waals surface area contributed by atoms with Crippen molar-refractivity contribution in [1.29, 1.82) is 0 Å². The predicted molar refractivity (Wildman–Crippen MR) is 127 cm³/mol. The lowest BCUT2D eigenvalue weighted by Crippen LogP contribution is -2.36. The van der Waals surface area contributed by atoms with Crippen LogP contribution < -0.4 is 10.6 Å². The Morgan fingerprint density at radius 2 is 1.38 bits per heavy atom. The number of nitrogens with zero attached hydrogens (tertiary/aromatic N) is 1. The molecule has 0 aromatic heterocycles. The Kier molecular flexibility index (Phi) is 8.04. The summed E-state index contributed by atoms with van der Waals surface area (Å²) in [6, 6.07) is 28.9. The van der Waals surface area contributed by atoms with Crippen molar-refractivity contribution in [1.82, 2.24) is 15.5 Å². The molecule has 0 saturated carbocycles. The van der Waals surface area contributed by atoms with Gasteiger partial charge in [-0.2, -0.15) is 0 Å². The van der Waals surface area contributed by atoms with E-state index < -0.39 is 0 Å². The summed E-state index contributed by atoms with van der Waals surface area (Å²) in [4.78, 5) is 14.9. The molecule has 5 heteroatoms. The van der Waals surface area contributed by atoms with Crippen LogP contribution in [0.5, 0.6) is 0 Å². The second-order valence-corrected chi connectivity index (χ2v) is 8.12. The first kappa shape index (κ1) is 22.2. The molecule has 1 heterocycles. The molecule has 32 heavy (non-hydrogen) atoms. The third kappa shape index (κ3) is 6.50. The summed E-state index contributed by atoms with van der Waals surface area (Å²) < 4.78 is 5.41. The molecule has 0 unspecified atom stereocenters. The van der Waals surface area contributed by atoms with Gasteiger partial charge in [0.2, 0.25) is 5.91 Å². The van der Waals surface area contributed by atoms with E-state index in [-0.39, 0.29) is 18.5 Å². The number of carbonyl (C=O) groups excluding carboxylic acids is 1. The highest BCUT2D eigenvalue weighted by Crippen LogP contribution is 2.21. The van der Waals surface area contributed by atoms with Crippen molar-refractivity contribution in [3.05, 3.63) is 107 Å². The molecule has 3 aromatic carbocycles. The van der Waals surface area contributed by atoms with Crippen LogP contribution in [0, 0.1) is 0 Å². The summed E-state index contributed by atoms with van der Waals surface area (Å²) in [5, 5.41) is 6.44. The van der Waals surface area contributed by atoms with Crippen LogP contribution in [-0.4, -0.2) is 43.7 Å². The number of hydrogen-bond acceptors (Lipinski definition) is 4. The molecule has 0 spiro atoms. The van der Waals surface area contributed by atoms with Crippen molar-refractivity contribution >= 4 is 5.91 Å². The molecule has 2 N–H and O–H groups in total. The summed E-state index contributed by atoms with van der Waals surface area (Å²) in [5.74, 6) is -0.0146. The zero-order valence-corrected chi connectivity index (χ0v) is 18.4. The number of amides is 1. The molecule has 1 saturated heterocycles. The Bertz CT molecular complexity index is 916. The minimum atomic E-state index is -0.0254. The monoisotopic (exact) mass is 429 g/mol. The van der Waals surface area contributed by atoms with E-state index in [1.54, 1.807) is 0 Å². The van der Waals surface area contributed by atoms with Gasteiger partial charge in [0.1, 0.15) is 0 Å². The average molecular weight is 430 g/mol. The molecule has 0 atom stereocenters. The number of morpholine rings is 1. The highest BCUT2D eigenvalue weighted by atomic mass is 16.5. The van der Waals surface area contributed by atoms with E-state index >= 15 is 0 Å². The van der Waals surface area contributed by atoms with E-state index in [1.165, 1.54) is 5.56 Å². The number of nitrogens with one attached hydrogen (secondary N) is 2. The van der Waals surface area contributed by atoms with Crippen LogP contribution in [0.3, 0.4) is 0 Å². The quantitative estimate of drug-likeness (QED) is 0.547. The maximum atomic E-state index is 12.5. The largest absolute Gasteiger partial charge is 0.379 e. The second kappa shape index (κ2) is 11.6. The fraction of sp³-hybridized carbons (Fsp3) is 0.296. The molecule has 3 aromatic rings. The molecule has 1 amide bonds. The smallest absolute Gasteiger partial charge is 0.234 e. The summed E-state index contributed by atoms with van der Waals surface area (Å²) in [5.41, 5.74) is 4.67. The number of rotatable bonds is 9. The summed E-state index contributed by atoms with van der Waals surface area (Å²) in [6.45, 7) is 5.32. The van der Waals surface area contributed by atoms with E-state index in [0.29, 0.717) is 6.54 Å². The first-order chi connectivity index (χ1) is 15.8. The van der Waals surface area contributed by atoms with Gasteiger partial charge in [0, 0.05) is 26.2 Å². The summed E-state index contributed by atoms with van der Waals surface area (Å²) in [6.07, 6.45) is 0. The van der Waals surface area contributed by atoms with Crippen LogP contribution >= 0.6 is 0 Å². The molecule has 0 bridgehead atoms. The lowest BCUT2D eigenvalue weighted by Gasteiger charge is -2.26. The Balaban J connectivity index is 1.27. The molecule has 4 rings (SSSR count). The average Bonchev–Trinajstić information content (AvgIpc) is 2.86. The highest BCUT2D eigenvalue weighted by molar-refractivity contribution is 5.78. The minimum absolute atomic E-state index is 0.0146. The van der Waals surface area contributed by atoms with Crippen molar-refractivity contribution in [2.75, 3.05) is 32.8 Å². The van der Waals surface area contributed by atoms with Gasteiger partial charge in [0.25, 0.3) is 0 Å². The van der Waals surface area contributed by atoms with Gasteiger partial charge in [0.15, 0.2) is 0 Å². The van der Waals surface area contributed by atoms with Crippen LogP contribution in [0.4, 0.5) is 0 Å². The van der Waals surface area contributed by atoms with Crippen molar-refractivity contribution in [3.63, 3.8) is 0 Å². The molecule has 1 aliphatic heterocycles. The first-order valence-corrected chi connectivity index (χ1v) is 11.3. The highest BCUT2D eigenvalue weighted by Gasteiger charge is 2.15. The lowest BCUT2D eigenvalue weighted by atomic mass is 9.99. The van der Waals surface area contributed by atoms with E-state index in [4.69, 9.17) is 4.74 Å². The third-order valence-electron chi connectivity index (χ3n) is 5.76. The summed E-state index contributed by atoms with van der Waals surface area (Å²) in [7, 11) is 0. The molecular weight excluding hydrogens is 398 g/mol. The van der Waals surface area contributed by atoms with Gasteiger partial charge < -0.3 is 10.1 Å². The maximum Gasteiger partial charge on any atom is 0.234 e. The predicted octanol–water partition coefficient (Wildman–Crippen LogP) is 3.51. The van der Waals surface area contributed by atoms with Gasteiger partial charge in [-0.1, -0.05) is 84.9 Å². The van der Waals surface area contributed by atoms with E-state index in [0.717, 1.165) is 49.5 Å². The van der Waals surface area contributed by atoms with Crippen molar-refractivity contribution in [2.45, 2.75) is 19.1 Å². The number of carbonyl (C=O) groups is 1. The SMILES string of the molecule is O=C(CNC(c1ccccc1)c1ccccc1)NCc1ccc(CN2CCOCC2)cc1. The second-order valence-electron chi connectivity index (χ2n) is 8.12. The van der Waals surface area contributed by atoms with Gasteiger partial charge in [-0.05, 0) is 22.3 Å². The molecule has 0 radical (unpaired) electrons. The first-order valence-electron chi connectivity index (χ1n) is 11.3. The van der Waals surface area contributed by atoms with Crippen LogP contribution in [0.15, 0.2) is 84.9 Å². The Morgan fingerprint density at radius 1 is 0.812 bits per heavy atom. The molecule has 1 aliphatic rings. The van der Waals surface area contributed by atoms with Gasteiger partial charge >= 0.3 is 0 Å². The number of benzene rings is 3. The topological polar surface area (TPSA) is 53.6 Å². The summed E-state index contributed by atoms with van der Waals surface area (Å²) >= 11 is 0. The van der Waals surface area contributed by atoms with Crippen LogP contribution in [0.1, 0.15) is 28.3 Å². The molecular formula is C27H31N3O2. The molecule has 0 aliphatic carbocycles. The van der Waals surface area contributed by atoms with Crippen molar-refractivity contribution < 1.29 is 9.53 Å². The standard InChI is InChI=1S/C27H31N3O2/c31-26(20-29-27(24-7-3-1-4-8-24)25-9-5-2-6-10-25)28-19-22-11-13-23(14-12-22)21-30-15-17-32-18-16-30/h1-14,27,29H,15-21H2,(H,28,31). The Labute approximate surface area is 190 Å². The van der Waals surface area contributed by atoms with E-state index in [2.05, 4.69) is 64.1 Å². The number of hydrogen-bond donors (Lipinski definition) is 2. The van der Waals surface area contributed by atoms with Gasteiger partial charge in [-0.15, -0.1) is 0 Å². The van der Waals surface area contributed by atoms with Crippen LogP contribution in [0.2, 0.25) is 0 Å². The van der Waals surface area contributed by atoms with Crippen molar-refractivity contribution in [3.8, 4) is 0 Å². The Hall–Kier alpha value is -2.99. The van der Waals surface area contributed by atoms with Gasteiger partial charge in [0.05, 0.1) is 25.8 Å². The minimum Gasteiger partial charge on any atom is -0.379 e. The molecule has 166 valence electrons. The maximum absolute atomic E-state index is 12.5. The zero-order chi connectivity index (χ0) is 22.0. The van der Waals surface area contributed by atoms with Crippen LogP contribution in [-0.2, 0) is 22.6 Å².